The van der Waals surface area contributed by atoms with E-state index in [1.165, 1.54) is 29.2 Å². The largest absolute Gasteiger partial charge is 0.470 e. The van der Waals surface area contributed by atoms with Crippen molar-refractivity contribution >= 4 is 49.7 Å². The lowest BCUT2D eigenvalue weighted by Gasteiger charge is -2.29. The maximum absolute atomic E-state index is 14.9. The second kappa shape index (κ2) is 16.2. The normalized spacial score (nSPS) is 25.5. The summed E-state index contributed by atoms with van der Waals surface area (Å²) in [6, 6.07) is 16.4. The van der Waals surface area contributed by atoms with Gasteiger partial charge < -0.3 is 14.1 Å². The molecule has 5 aromatic rings. The first-order chi connectivity index (χ1) is 29.7. The summed E-state index contributed by atoms with van der Waals surface area (Å²) in [5.74, 6) is -2.80. The average molecular weight is 873 g/mol. The van der Waals surface area contributed by atoms with E-state index in [9.17, 15) is 40.4 Å². The molecule has 16 heteroatoms. The van der Waals surface area contributed by atoms with Gasteiger partial charge >= 0.3 is 6.18 Å². The Balaban J connectivity index is 1.07. The fourth-order valence-electron chi connectivity index (χ4n) is 8.97. The predicted molar refractivity (Wildman–Crippen MR) is 220 cm³/mol. The lowest BCUT2D eigenvalue weighted by molar-refractivity contribution is -0.142. The molecule has 324 valence electrons. The van der Waals surface area contributed by atoms with E-state index in [0.29, 0.717) is 42.2 Å². The highest BCUT2D eigenvalue weighted by molar-refractivity contribution is 7.90. The van der Waals surface area contributed by atoms with Crippen molar-refractivity contribution in [2.45, 2.75) is 94.2 Å². The third-order valence-electron chi connectivity index (χ3n) is 12.7. The Labute approximate surface area is 355 Å². The molecule has 0 unspecified atom stereocenters. The molecule has 5 atom stereocenters. The van der Waals surface area contributed by atoms with Crippen LogP contribution in [0.4, 0.5) is 17.6 Å². The highest BCUT2D eigenvalue weighted by Crippen LogP contribution is 2.57. The topological polar surface area (TPSA) is 149 Å². The summed E-state index contributed by atoms with van der Waals surface area (Å²) in [6.07, 6.45) is 3.19. The SMILES string of the molecule is O=C1C[C@]2(C(=O)NS(=O)(=O)C3CC3)C[C@H]2/C=C\CCCCC[C@H](Cc2ccc(F)cc2)C(=O)N2C[C@H](Oc3nc(-c4ccc(C(F)(F)F)cc4)nc4c3oc3ccccc34)C[C@@H]12. The number of nitrogens with zero attached hydrogens (tertiary/aromatic N) is 3. The van der Waals surface area contributed by atoms with E-state index in [2.05, 4.69) is 14.7 Å². The number of fused-ring (bicyclic) bond motifs is 5. The lowest BCUT2D eigenvalue weighted by atomic mass is 9.90. The number of furan rings is 1. The fourth-order valence-corrected chi connectivity index (χ4v) is 10.4. The Morgan fingerprint density at radius 1 is 0.952 bits per heavy atom. The molecular weight excluding hydrogens is 829 g/mol. The molecule has 2 aliphatic carbocycles. The third-order valence-corrected chi connectivity index (χ3v) is 14.5. The number of aromatic nitrogens is 2. The van der Waals surface area contributed by atoms with Crippen LogP contribution in [0, 0.1) is 23.1 Å². The summed E-state index contributed by atoms with van der Waals surface area (Å²) in [6.45, 7) is -0.0604. The molecule has 4 aliphatic rings. The highest BCUT2D eigenvalue weighted by Gasteiger charge is 2.61. The van der Waals surface area contributed by atoms with Gasteiger partial charge in [0.25, 0.3) is 5.88 Å². The molecule has 1 saturated heterocycles. The van der Waals surface area contributed by atoms with Crippen LogP contribution in [0.5, 0.6) is 5.88 Å². The molecule has 1 N–H and O–H groups in total. The second-order valence-corrected chi connectivity index (χ2v) is 19.0. The number of sulfonamides is 1. The molecule has 2 aliphatic heterocycles. The number of para-hydroxylation sites is 1. The molecule has 0 radical (unpaired) electrons. The Morgan fingerprint density at radius 3 is 2.45 bits per heavy atom. The number of Topliss-reactive ketones (excluding diaryl/α,β-unsaturated/α-hetero) is 1. The molecule has 9 rings (SSSR count). The number of rotatable bonds is 8. The van der Waals surface area contributed by atoms with Crippen molar-refractivity contribution in [3.8, 4) is 17.3 Å². The van der Waals surface area contributed by atoms with Gasteiger partial charge in [0, 0.05) is 29.7 Å². The number of allylic oxidation sites excluding steroid dienone is 2. The number of hydrogen-bond donors (Lipinski definition) is 1. The summed E-state index contributed by atoms with van der Waals surface area (Å²) in [5.41, 5.74) is -0.159. The minimum atomic E-state index is -4.56. The lowest BCUT2D eigenvalue weighted by Crippen LogP contribution is -2.46. The van der Waals surface area contributed by atoms with Crippen LogP contribution in [0.25, 0.3) is 33.5 Å². The van der Waals surface area contributed by atoms with Crippen LogP contribution in [-0.4, -0.2) is 64.8 Å². The Hall–Kier alpha value is -5.64. The first-order valence-corrected chi connectivity index (χ1v) is 22.6. The summed E-state index contributed by atoms with van der Waals surface area (Å²) in [5, 5.41) is -0.0384. The molecule has 3 aromatic carbocycles. The smallest absolute Gasteiger partial charge is 0.416 e. The fraction of sp³-hybridized carbons (Fsp3) is 0.413. The Kier molecular flexibility index (Phi) is 10.9. The van der Waals surface area contributed by atoms with E-state index in [-0.39, 0.29) is 66.9 Å². The molecule has 2 amide bonds. The van der Waals surface area contributed by atoms with Crippen molar-refractivity contribution in [1.29, 1.82) is 0 Å². The van der Waals surface area contributed by atoms with Crippen LogP contribution >= 0.6 is 0 Å². The van der Waals surface area contributed by atoms with Crippen molar-refractivity contribution in [1.82, 2.24) is 19.6 Å². The van der Waals surface area contributed by atoms with Crippen molar-refractivity contribution in [3.05, 3.63) is 102 Å². The molecule has 2 saturated carbocycles. The van der Waals surface area contributed by atoms with E-state index in [1.54, 1.807) is 36.4 Å². The van der Waals surface area contributed by atoms with Gasteiger partial charge in [-0.15, -0.1) is 0 Å². The van der Waals surface area contributed by atoms with Crippen LogP contribution in [0.3, 0.4) is 0 Å². The highest BCUT2D eigenvalue weighted by atomic mass is 32.2. The molecule has 0 bridgehead atoms. The summed E-state index contributed by atoms with van der Waals surface area (Å²) < 4.78 is 95.3. The maximum Gasteiger partial charge on any atom is 0.416 e. The summed E-state index contributed by atoms with van der Waals surface area (Å²) in [4.78, 5) is 54.3. The third kappa shape index (κ3) is 8.45. The van der Waals surface area contributed by atoms with Crippen LogP contribution in [0.1, 0.15) is 75.3 Å². The van der Waals surface area contributed by atoms with Gasteiger partial charge in [0.15, 0.2) is 11.6 Å². The first-order valence-electron chi connectivity index (χ1n) is 21.0. The predicted octanol–water partition coefficient (Wildman–Crippen LogP) is 8.50. The molecule has 2 aromatic heterocycles. The minimum absolute atomic E-state index is 0.00619. The van der Waals surface area contributed by atoms with Crippen molar-refractivity contribution in [2.75, 3.05) is 6.54 Å². The van der Waals surface area contributed by atoms with E-state index in [0.717, 1.165) is 37.0 Å². The van der Waals surface area contributed by atoms with Crippen molar-refractivity contribution in [3.63, 3.8) is 0 Å². The number of ether oxygens (including phenoxy) is 1. The molecule has 3 fully saturated rings. The van der Waals surface area contributed by atoms with E-state index in [1.807, 2.05) is 12.2 Å². The van der Waals surface area contributed by atoms with Gasteiger partial charge in [-0.1, -0.05) is 61.4 Å². The Bertz CT molecular complexity index is 2680. The van der Waals surface area contributed by atoms with E-state index >= 15 is 0 Å². The number of alkyl halides is 3. The average Bonchev–Trinajstić information content (AvgIpc) is 4.15. The van der Waals surface area contributed by atoms with Crippen LogP contribution in [0.2, 0.25) is 0 Å². The van der Waals surface area contributed by atoms with Gasteiger partial charge in [-0.05, 0) is 92.8 Å². The number of benzene rings is 3. The van der Waals surface area contributed by atoms with Gasteiger partial charge in [-0.2, -0.15) is 18.2 Å². The number of carbonyl (C=O) groups is 3. The number of ketones is 1. The minimum Gasteiger partial charge on any atom is -0.470 e. The number of carbonyl (C=O) groups excluding carboxylic acids is 3. The zero-order valence-corrected chi connectivity index (χ0v) is 34.4. The zero-order chi connectivity index (χ0) is 43.4. The summed E-state index contributed by atoms with van der Waals surface area (Å²) >= 11 is 0. The number of amides is 2. The molecule has 62 heavy (non-hydrogen) atoms. The van der Waals surface area contributed by atoms with Gasteiger partial charge in [0.1, 0.15) is 23.0 Å². The standard InChI is InChI=1S/C46H44F4N4O7S/c47-32-18-12-27(13-19-32)22-29-8-4-2-1-3-5-9-31-24-45(31,44(57)53-62(58,59)34-20-21-34)25-37(55)36-23-33(26-54(36)43(29)56)60-42-40-39(35-10-6-7-11-38(35)61-40)51-41(52-42)28-14-16-30(17-15-28)46(48,49)50/h5-7,9-19,29,31,33-34,36H,1-4,8,20-26H2,(H,53,57)/b9-5-/t29-,31-,33-,36+,45-/m1/s1. The molecule has 0 spiro atoms. The second-order valence-electron chi connectivity index (χ2n) is 17.1. The zero-order valence-electron chi connectivity index (χ0n) is 33.6. The summed E-state index contributed by atoms with van der Waals surface area (Å²) in [7, 11) is -3.91. The van der Waals surface area contributed by atoms with Gasteiger partial charge in [-0.25, -0.2) is 17.8 Å². The number of halogens is 4. The van der Waals surface area contributed by atoms with E-state index in [4.69, 9.17) is 9.15 Å². The Morgan fingerprint density at radius 2 is 1.71 bits per heavy atom. The number of hydrogen-bond acceptors (Lipinski definition) is 9. The molecule has 11 nitrogen and oxygen atoms in total. The van der Waals surface area contributed by atoms with Gasteiger partial charge in [0.05, 0.1) is 28.8 Å². The number of nitrogens with one attached hydrogen (secondary N) is 1. The van der Waals surface area contributed by atoms with Crippen molar-refractivity contribution < 1.29 is 49.5 Å². The quantitative estimate of drug-likeness (QED) is 0.120. The van der Waals surface area contributed by atoms with Gasteiger partial charge in [-0.3, -0.25) is 19.1 Å². The van der Waals surface area contributed by atoms with Crippen LogP contribution in [0.15, 0.2) is 89.4 Å². The van der Waals surface area contributed by atoms with Crippen LogP contribution < -0.4 is 9.46 Å². The van der Waals surface area contributed by atoms with Crippen molar-refractivity contribution in [2.24, 2.45) is 17.3 Å². The maximum atomic E-state index is 14.9. The molecule has 4 heterocycles. The monoisotopic (exact) mass is 872 g/mol. The molecular formula is C46H44F4N4O7S. The first kappa shape index (κ1) is 41.7. The van der Waals surface area contributed by atoms with Gasteiger partial charge in [0.2, 0.25) is 27.4 Å². The van der Waals surface area contributed by atoms with E-state index < -0.39 is 68.0 Å². The van der Waals surface area contributed by atoms with Crippen LogP contribution in [-0.2, 0) is 37.0 Å².